The van der Waals surface area contributed by atoms with Crippen LogP contribution in [0.5, 0.6) is 5.75 Å². The lowest BCUT2D eigenvalue weighted by atomic mass is 10.1. The minimum absolute atomic E-state index is 0.223. The Labute approximate surface area is 163 Å². The number of aliphatic carboxylic acids is 1. The van der Waals surface area contributed by atoms with E-state index in [4.69, 9.17) is 20.4 Å². The molecule has 0 fully saturated rings. The third-order valence-corrected chi connectivity index (χ3v) is 3.62. The fourth-order valence-corrected chi connectivity index (χ4v) is 2.27. The standard InChI is InChI=1S/C17H23FN4O2.C2H4O2/c1-21(8-6-13-11-20-22(2)12-13)17(23)15-10-14(18)4-5-16(15)24-9-3-7-19;1-2(3)4/h4-5,10-12H,3,6-9,19H2,1-2H3;1H3,(H,3,4). The first-order valence-corrected chi connectivity index (χ1v) is 8.79. The van der Waals surface area contributed by atoms with Gasteiger partial charge in [0.1, 0.15) is 11.6 Å². The fraction of sp³-hybridized carbons (Fsp3) is 0.421. The molecule has 0 aliphatic rings. The van der Waals surface area contributed by atoms with Crippen LogP contribution in [-0.4, -0.2) is 58.4 Å². The molecular weight excluding hydrogens is 367 g/mol. The average molecular weight is 394 g/mol. The van der Waals surface area contributed by atoms with Crippen molar-refractivity contribution in [2.24, 2.45) is 12.8 Å². The Morgan fingerprint density at radius 1 is 1.39 bits per heavy atom. The van der Waals surface area contributed by atoms with Crippen molar-refractivity contribution >= 4 is 11.9 Å². The Hall–Kier alpha value is -2.94. The molecule has 0 spiro atoms. The van der Waals surface area contributed by atoms with Crippen molar-refractivity contribution in [2.75, 3.05) is 26.7 Å². The van der Waals surface area contributed by atoms with Crippen molar-refractivity contribution in [3.05, 3.63) is 47.5 Å². The number of carbonyl (C=O) groups is 2. The van der Waals surface area contributed by atoms with Crippen LogP contribution >= 0.6 is 0 Å². The van der Waals surface area contributed by atoms with Crippen LogP contribution in [0.25, 0.3) is 0 Å². The highest BCUT2D eigenvalue weighted by molar-refractivity contribution is 5.96. The molecule has 0 bridgehead atoms. The number of nitrogens with zero attached hydrogens (tertiary/aromatic N) is 3. The molecule has 9 heteroatoms. The number of aromatic nitrogens is 2. The summed E-state index contributed by atoms with van der Waals surface area (Å²) < 4.78 is 20.8. The average Bonchev–Trinajstić information content (AvgIpc) is 3.05. The van der Waals surface area contributed by atoms with Gasteiger partial charge in [-0.3, -0.25) is 14.3 Å². The molecule has 1 amide bonds. The van der Waals surface area contributed by atoms with E-state index < -0.39 is 11.8 Å². The second-order valence-corrected chi connectivity index (χ2v) is 6.15. The van der Waals surface area contributed by atoms with E-state index in [2.05, 4.69) is 5.10 Å². The van der Waals surface area contributed by atoms with E-state index in [-0.39, 0.29) is 11.5 Å². The summed E-state index contributed by atoms with van der Waals surface area (Å²) >= 11 is 0. The maximum atomic E-state index is 13.6. The number of carbonyl (C=O) groups excluding carboxylic acids is 1. The van der Waals surface area contributed by atoms with Gasteiger partial charge in [-0.15, -0.1) is 0 Å². The number of hydrogen-bond donors (Lipinski definition) is 2. The van der Waals surface area contributed by atoms with Gasteiger partial charge < -0.3 is 20.5 Å². The van der Waals surface area contributed by atoms with Crippen LogP contribution in [0.1, 0.15) is 29.3 Å². The normalized spacial score (nSPS) is 10.0. The van der Waals surface area contributed by atoms with Gasteiger partial charge in [0.2, 0.25) is 0 Å². The van der Waals surface area contributed by atoms with Gasteiger partial charge in [-0.1, -0.05) is 0 Å². The third-order valence-electron chi connectivity index (χ3n) is 3.62. The van der Waals surface area contributed by atoms with E-state index in [1.54, 1.807) is 22.8 Å². The molecule has 0 atom stereocenters. The molecule has 3 N–H and O–H groups in total. The molecule has 28 heavy (non-hydrogen) atoms. The molecule has 1 aromatic carbocycles. The maximum absolute atomic E-state index is 13.6. The van der Waals surface area contributed by atoms with Crippen LogP contribution in [0.2, 0.25) is 0 Å². The Kier molecular flexibility index (Phi) is 9.66. The van der Waals surface area contributed by atoms with Crippen LogP contribution in [-0.2, 0) is 18.3 Å². The van der Waals surface area contributed by atoms with Crippen LogP contribution in [0.15, 0.2) is 30.6 Å². The van der Waals surface area contributed by atoms with E-state index in [1.807, 2.05) is 13.2 Å². The number of amides is 1. The van der Waals surface area contributed by atoms with Gasteiger partial charge in [-0.05, 0) is 43.1 Å². The predicted octanol–water partition coefficient (Wildman–Crippen LogP) is 1.69. The molecule has 0 saturated carbocycles. The molecular formula is C19H27FN4O4. The molecule has 2 aromatic rings. The molecule has 0 aliphatic carbocycles. The third kappa shape index (κ3) is 8.17. The molecule has 2 rings (SSSR count). The molecule has 8 nitrogen and oxygen atoms in total. The number of nitrogens with two attached hydrogens (primary N) is 1. The number of carboxylic acids is 1. The van der Waals surface area contributed by atoms with Gasteiger partial charge in [-0.25, -0.2) is 4.39 Å². The molecule has 0 unspecified atom stereocenters. The number of carboxylic acid groups (broad SMARTS) is 1. The van der Waals surface area contributed by atoms with Crippen molar-refractivity contribution in [3.63, 3.8) is 0 Å². The molecule has 0 radical (unpaired) electrons. The molecule has 1 aromatic heterocycles. The fourth-order valence-electron chi connectivity index (χ4n) is 2.27. The van der Waals surface area contributed by atoms with Gasteiger partial charge >= 0.3 is 0 Å². The SMILES string of the molecule is CC(=O)O.CN(CCc1cnn(C)c1)C(=O)c1cc(F)ccc1OCCCN. The summed E-state index contributed by atoms with van der Waals surface area (Å²) in [7, 11) is 3.53. The summed E-state index contributed by atoms with van der Waals surface area (Å²) in [4.78, 5) is 23.2. The van der Waals surface area contributed by atoms with Gasteiger partial charge in [0.05, 0.1) is 18.4 Å². The zero-order valence-electron chi connectivity index (χ0n) is 16.4. The van der Waals surface area contributed by atoms with E-state index in [0.717, 1.165) is 12.5 Å². The highest BCUT2D eigenvalue weighted by atomic mass is 19.1. The first-order chi connectivity index (χ1) is 13.2. The largest absolute Gasteiger partial charge is 0.493 e. The van der Waals surface area contributed by atoms with E-state index in [9.17, 15) is 9.18 Å². The number of halogens is 1. The van der Waals surface area contributed by atoms with Crippen LogP contribution < -0.4 is 10.5 Å². The second kappa shape index (κ2) is 11.7. The summed E-state index contributed by atoms with van der Waals surface area (Å²) in [6.07, 6.45) is 5.01. The summed E-state index contributed by atoms with van der Waals surface area (Å²) in [6.45, 7) is 2.47. The van der Waals surface area contributed by atoms with Gasteiger partial charge in [0.15, 0.2) is 0 Å². The molecule has 0 saturated heterocycles. The number of hydrogen-bond acceptors (Lipinski definition) is 5. The van der Waals surface area contributed by atoms with Gasteiger partial charge in [0.25, 0.3) is 11.9 Å². The Morgan fingerprint density at radius 2 is 2.07 bits per heavy atom. The first-order valence-electron chi connectivity index (χ1n) is 8.79. The molecule has 0 aliphatic heterocycles. The topological polar surface area (TPSA) is 111 Å². The van der Waals surface area contributed by atoms with Crippen LogP contribution in [0.3, 0.4) is 0 Å². The lowest BCUT2D eigenvalue weighted by Crippen LogP contribution is -2.29. The Morgan fingerprint density at radius 3 is 2.64 bits per heavy atom. The van der Waals surface area contributed by atoms with Crippen molar-refractivity contribution in [2.45, 2.75) is 19.8 Å². The zero-order valence-corrected chi connectivity index (χ0v) is 16.4. The van der Waals surface area contributed by atoms with Gasteiger partial charge in [-0.2, -0.15) is 5.10 Å². The number of rotatable bonds is 8. The summed E-state index contributed by atoms with van der Waals surface area (Å²) in [5, 5.41) is 11.5. The monoisotopic (exact) mass is 394 g/mol. The number of likely N-dealkylation sites (N-methyl/N-ethyl adjacent to an activating group) is 1. The quantitative estimate of drug-likeness (QED) is 0.659. The zero-order chi connectivity index (χ0) is 21.1. The van der Waals surface area contributed by atoms with Crippen molar-refractivity contribution < 1.29 is 23.8 Å². The second-order valence-electron chi connectivity index (χ2n) is 6.15. The highest BCUT2D eigenvalue weighted by Gasteiger charge is 2.18. The predicted molar refractivity (Wildman–Crippen MR) is 103 cm³/mol. The molecule has 1 heterocycles. The Bertz CT molecular complexity index is 775. The number of aryl methyl sites for hydroxylation is 1. The van der Waals surface area contributed by atoms with Crippen molar-refractivity contribution in [1.82, 2.24) is 14.7 Å². The minimum Gasteiger partial charge on any atom is -0.493 e. The minimum atomic E-state index is -0.833. The van der Waals surface area contributed by atoms with Crippen LogP contribution in [0.4, 0.5) is 4.39 Å². The lowest BCUT2D eigenvalue weighted by molar-refractivity contribution is -0.134. The van der Waals surface area contributed by atoms with E-state index in [1.165, 1.54) is 18.2 Å². The van der Waals surface area contributed by atoms with Crippen LogP contribution in [0, 0.1) is 5.82 Å². The smallest absolute Gasteiger partial charge is 0.300 e. The summed E-state index contributed by atoms with van der Waals surface area (Å²) in [5.41, 5.74) is 6.70. The summed E-state index contributed by atoms with van der Waals surface area (Å²) in [5.74, 6) is -1.20. The Balaban J connectivity index is 0.000000892. The summed E-state index contributed by atoms with van der Waals surface area (Å²) in [6, 6.07) is 3.97. The number of benzene rings is 1. The van der Waals surface area contributed by atoms with Crippen molar-refractivity contribution in [1.29, 1.82) is 0 Å². The lowest BCUT2D eigenvalue weighted by Gasteiger charge is -2.19. The van der Waals surface area contributed by atoms with E-state index in [0.29, 0.717) is 38.3 Å². The number of ether oxygens (including phenoxy) is 1. The first kappa shape index (κ1) is 23.1. The highest BCUT2D eigenvalue weighted by Crippen LogP contribution is 2.21. The molecule has 154 valence electrons. The van der Waals surface area contributed by atoms with Gasteiger partial charge in [0, 0.05) is 33.8 Å². The van der Waals surface area contributed by atoms with E-state index >= 15 is 0 Å². The van der Waals surface area contributed by atoms with Crippen molar-refractivity contribution in [3.8, 4) is 5.75 Å². The maximum Gasteiger partial charge on any atom is 0.300 e.